The number of nitrogens with one attached hydrogen (secondary N) is 1. The minimum absolute atomic E-state index is 0.000882. The van der Waals surface area contributed by atoms with Gasteiger partial charge in [-0.05, 0) is 44.9 Å². The van der Waals surface area contributed by atoms with Crippen LogP contribution in [0.4, 0.5) is 10.1 Å². The number of nitrogen functional groups attached to an aromatic ring is 1. The van der Waals surface area contributed by atoms with Gasteiger partial charge in [0.15, 0.2) is 0 Å². The third kappa shape index (κ3) is 3.45. The van der Waals surface area contributed by atoms with Crippen LogP contribution in [0.2, 0.25) is 0 Å². The molecule has 0 unspecified atom stereocenters. The van der Waals surface area contributed by atoms with Crippen molar-refractivity contribution >= 4 is 11.6 Å². The molecule has 0 aliphatic heterocycles. The number of hydrogen-bond acceptors (Lipinski definition) is 2. The van der Waals surface area contributed by atoms with Crippen LogP contribution in [-0.2, 0) is 0 Å². The fourth-order valence-electron chi connectivity index (χ4n) is 2.00. The molecule has 0 fully saturated rings. The molecule has 0 heterocycles. The molecular formula is C14H21FN2O. The molecule has 3 nitrogen and oxygen atoms in total. The van der Waals surface area contributed by atoms with Crippen LogP contribution in [0.3, 0.4) is 0 Å². The van der Waals surface area contributed by atoms with Crippen LogP contribution in [0.1, 0.15) is 49.5 Å². The van der Waals surface area contributed by atoms with E-state index in [2.05, 4.69) is 12.2 Å². The summed E-state index contributed by atoms with van der Waals surface area (Å²) in [6.07, 6.45) is 1.87. The minimum Gasteiger partial charge on any atom is -0.396 e. The van der Waals surface area contributed by atoms with Crippen LogP contribution in [-0.4, -0.2) is 11.4 Å². The number of carbonyl (C=O) groups excluding carboxylic acids is 1. The molecule has 0 saturated carbocycles. The predicted molar refractivity (Wildman–Crippen MR) is 72.0 cm³/mol. The van der Waals surface area contributed by atoms with E-state index in [0.29, 0.717) is 11.1 Å². The maximum absolute atomic E-state index is 13.2. The molecule has 4 heteroatoms. The van der Waals surface area contributed by atoms with Crippen LogP contribution in [0, 0.1) is 12.7 Å². The van der Waals surface area contributed by atoms with Crippen molar-refractivity contribution in [2.75, 3.05) is 5.73 Å². The molecule has 0 atom stereocenters. The van der Waals surface area contributed by atoms with Gasteiger partial charge in [0, 0.05) is 11.1 Å². The lowest BCUT2D eigenvalue weighted by molar-refractivity contribution is 0.0908. The maximum Gasteiger partial charge on any atom is 0.252 e. The zero-order chi connectivity index (χ0) is 13.9. The number of halogens is 1. The quantitative estimate of drug-likeness (QED) is 0.809. The molecule has 0 aliphatic carbocycles. The lowest BCUT2D eigenvalue weighted by Gasteiger charge is -2.26. The van der Waals surface area contributed by atoms with E-state index in [1.54, 1.807) is 6.92 Å². The number of nitrogens with two attached hydrogens (primary N) is 1. The summed E-state index contributed by atoms with van der Waals surface area (Å²) in [6.45, 7) is 7.70. The summed E-state index contributed by atoms with van der Waals surface area (Å²) in [5, 5.41) is 2.94. The number of benzene rings is 1. The number of aryl methyl sites for hydroxylation is 1. The van der Waals surface area contributed by atoms with E-state index in [9.17, 15) is 9.18 Å². The Hall–Kier alpha value is -1.58. The molecule has 0 aromatic heterocycles. The van der Waals surface area contributed by atoms with Crippen molar-refractivity contribution in [2.45, 2.75) is 46.1 Å². The van der Waals surface area contributed by atoms with Gasteiger partial charge >= 0.3 is 0 Å². The van der Waals surface area contributed by atoms with E-state index >= 15 is 0 Å². The average Bonchev–Trinajstić information content (AvgIpc) is 2.22. The fraction of sp³-hybridized carbons (Fsp3) is 0.500. The zero-order valence-corrected chi connectivity index (χ0v) is 11.4. The molecule has 0 aliphatic rings. The van der Waals surface area contributed by atoms with Crippen LogP contribution in [0.15, 0.2) is 12.1 Å². The summed E-state index contributed by atoms with van der Waals surface area (Å²) >= 11 is 0. The molecule has 1 amide bonds. The molecule has 0 bridgehead atoms. The highest BCUT2D eigenvalue weighted by Crippen LogP contribution is 2.19. The molecule has 3 N–H and O–H groups in total. The number of anilines is 1. The van der Waals surface area contributed by atoms with Gasteiger partial charge in [-0.1, -0.05) is 13.3 Å². The SMILES string of the molecule is CCCC(C)(C)NC(=O)c1cc(N)c(F)cc1C. The van der Waals surface area contributed by atoms with Crippen LogP contribution in [0.25, 0.3) is 0 Å². The first kappa shape index (κ1) is 14.5. The van der Waals surface area contributed by atoms with E-state index < -0.39 is 5.82 Å². The molecule has 0 spiro atoms. The second-order valence-corrected chi connectivity index (χ2v) is 5.28. The van der Waals surface area contributed by atoms with Gasteiger partial charge < -0.3 is 11.1 Å². The topological polar surface area (TPSA) is 55.1 Å². The van der Waals surface area contributed by atoms with E-state index in [-0.39, 0.29) is 17.1 Å². The Bertz CT molecular complexity index is 455. The van der Waals surface area contributed by atoms with Gasteiger partial charge in [-0.3, -0.25) is 4.79 Å². The fourth-order valence-corrected chi connectivity index (χ4v) is 2.00. The normalized spacial score (nSPS) is 11.4. The third-order valence-electron chi connectivity index (χ3n) is 2.92. The van der Waals surface area contributed by atoms with Gasteiger partial charge in [0.05, 0.1) is 5.69 Å². The Balaban J connectivity index is 2.95. The summed E-state index contributed by atoms with van der Waals surface area (Å²) in [6, 6.07) is 2.68. The van der Waals surface area contributed by atoms with Gasteiger partial charge in [-0.2, -0.15) is 0 Å². The van der Waals surface area contributed by atoms with Crippen molar-refractivity contribution in [1.29, 1.82) is 0 Å². The van der Waals surface area contributed by atoms with E-state index in [1.807, 2.05) is 13.8 Å². The summed E-state index contributed by atoms with van der Waals surface area (Å²) in [5.74, 6) is -0.700. The minimum atomic E-state index is -0.489. The number of rotatable bonds is 4. The molecule has 1 aromatic carbocycles. The first-order valence-corrected chi connectivity index (χ1v) is 6.15. The van der Waals surface area contributed by atoms with Crippen LogP contribution in [0.5, 0.6) is 0 Å². The highest BCUT2D eigenvalue weighted by molar-refractivity contribution is 5.96. The molecule has 1 aromatic rings. The second-order valence-electron chi connectivity index (χ2n) is 5.28. The average molecular weight is 252 g/mol. The first-order valence-electron chi connectivity index (χ1n) is 6.15. The standard InChI is InChI=1S/C14H21FN2O/c1-5-6-14(3,4)17-13(18)10-8-12(16)11(15)7-9(10)2/h7-8H,5-6,16H2,1-4H3,(H,17,18). The van der Waals surface area contributed by atoms with Gasteiger partial charge in [0.1, 0.15) is 5.82 Å². The monoisotopic (exact) mass is 252 g/mol. The van der Waals surface area contributed by atoms with Crippen molar-refractivity contribution in [3.05, 3.63) is 29.1 Å². The lowest BCUT2D eigenvalue weighted by Crippen LogP contribution is -2.43. The van der Waals surface area contributed by atoms with Crippen LogP contribution >= 0.6 is 0 Å². The smallest absolute Gasteiger partial charge is 0.252 e. The van der Waals surface area contributed by atoms with Gasteiger partial charge in [-0.15, -0.1) is 0 Å². The Morgan fingerprint density at radius 3 is 2.61 bits per heavy atom. The molecule has 18 heavy (non-hydrogen) atoms. The number of carbonyl (C=O) groups is 1. The lowest BCUT2D eigenvalue weighted by atomic mass is 9.97. The molecular weight excluding hydrogens is 231 g/mol. The second kappa shape index (κ2) is 5.38. The van der Waals surface area contributed by atoms with Gasteiger partial charge in [0.2, 0.25) is 0 Å². The van der Waals surface area contributed by atoms with Crippen molar-refractivity contribution in [1.82, 2.24) is 5.32 Å². The van der Waals surface area contributed by atoms with Gasteiger partial charge in [0.25, 0.3) is 5.91 Å². The van der Waals surface area contributed by atoms with E-state index in [1.165, 1.54) is 12.1 Å². The summed E-state index contributed by atoms with van der Waals surface area (Å²) < 4.78 is 13.2. The summed E-state index contributed by atoms with van der Waals surface area (Å²) in [5.41, 5.74) is 6.24. The zero-order valence-electron chi connectivity index (χ0n) is 11.4. The van der Waals surface area contributed by atoms with E-state index in [4.69, 9.17) is 5.73 Å². The highest BCUT2D eigenvalue weighted by Gasteiger charge is 2.21. The highest BCUT2D eigenvalue weighted by atomic mass is 19.1. The molecule has 1 rings (SSSR count). The van der Waals surface area contributed by atoms with Crippen molar-refractivity contribution in [3.8, 4) is 0 Å². The summed E-state index contributed by atoms with van der Waals surface area (Å²) in [7, 11) is 0. The van der Waals surface area contributed by atoms with Gasteiger partial charge in [-0.25, -0.2) is 4.39 Å². The number of hydrogen-bond donors (Lipinski definition) is 2. The van der Waals surface area contributed by atoms with Crippen molar-refractivity contribution in [3.63, 3.8) is 0 Å². The molecule has 100 valence electrons. The Kier molecular flexibility index (Phi) is 4.33. The Morgan fingerprint density at radius 2 is 2.06 bits per heavy atom. The predicted octanol–water partition coefficient (Wildman–Crippen LogP) is 3.02. The summed E-state index contributed by atoms with van der Waals surface area (Å²) in [4.78, 5) is 12.1. The first-order chi connectivity index (χ1) is 8.26. The third-order valence-corrected chi connectivity index (χ3v) is 2.92. The maximum atomic E-state index is 13.2. The van der Waals surface area contributed by atoms with Crippen molar-refractivity contribution < 1.29 is 9.18 Å². The number of amides is 1. The van der Waals surface area contributed by atoms with Crippen molar-refractivity contribution in [2.24, 2.45) is 0 Å². The van der Waals surface area contributed by atoms with E-state index in [0.717, 1.165) is 12.8 Å². The Morgan fingerprint density at radius 1 is 1.44 bits per heavy atom. The molecule has 0 saturated heterocycles. The van der Waals surface area contributed by atoms with Crippen LogP contribution < -0.4 is 11.1 Å². The molecule has 0 radical (unpaired) electrons. The largest absolute Gasteiger partial charge is 0.396 e. The Labute approximate surface area is 108 Å².